The molecule has 1 aromatic heterocycles. The maximum absolute atomic E-state index is 11.8. The van der Waals surface area contributed by atoms with E-state index < -0.39 is 12.2 Å². The van der Waals surface area contributed by atoms with Crippen LogP contribution in [0.2, 0.25) is 0 Å². The molecular weight excluding hydrogens is 234 g/mol. The number of rotatable bonds is 2. The molecule has 0 aliphatic heterocycles. The molecule has 0 saturated heterocycles. The lowest BCUT2D eigenvalue weighted by Crippen LogP contribution is -2.12. The fourth-order valence-electron chi connectivity index (χ4n) is 0.580. The van der Waals surface area contributed by atoms with Crippen molar-refractivity contribution in [1.29, 1.82) is 0 Å². The molecule has 1 rings (SSSR count). The number of halogens is 3. The molecule has 6 heteroatoms. The minimum absolute atomic E-state index is 0.285. The van der Waals surface area contributed by atoms with Gasteiger partial charge < -0.3 is 0 Å². The molecule has 0 N–H and O–H groups in total. The highest BCUT2D eigenvalue weighted by Gasteiger charge is 2.19. The fourth-order valence-corrected chi connectivity index (χ4v) is 0.889. The largest absolute Gasteiger partial charge is 0.302 e. The molecule has 0 atom stereocenters. The number of ketones is 1. The van der Waals surface area contributed by atoms with Crippen molar-refractivity contribution in [3.63, 3.8) is 0 Å². The van der Waals surface area contributed by atoms with Crippen molar-refractivity contribution in [2.75, 3.05) is 0 Å². The lowest BCUT2D eigenvalue weighted by Gasteiger charge is -1.97. The van der Waals surface area contributed by atoms with Gasteiger partial charge in [-0.05, 0) is 15.9 Å². The van der Waals surface area contributed by atoms with Crippen LogP contribution < -0.4 is 0 Å². The normalized spacial score (nSPS) is 10.3. The highest BCUT2D eigenvalue weighted by molar-refractivity contribution is 9.10. The first kappa shape index (κ1) is 9.18. The molecule has 0 saturated carbocycles. The van der Waals surface area contributed by atoms with Gasteiger partial charge in [0.05, 0.1) is 0 Å². The first-order chi connectivity index (χ1) is 5.61. The zero-order valence-corrected chi connectivity index (χ0v) is 7.25. The van der Waals surface area contributed by atoms with Crippen LogP contribution in [0.15, 0.2) is 17.0 Å². The predicted octanol–water partition coefficient (Wildman–Crippen LogP) is 1.69. The van der Waals surface area contributed by atoms with Gasteiger partial charge in [-0.25, -0.2) is 18.7 Å². The van der Waals surface area contributed by atoms with Crippen LogP contribution in [0.5, 0.6) is 0 Å². The van der Waals surface area contributed by atoms with E-state index in [0.29, 0.717) is 4.60 Å². The Morgan fingerprint density at radius 3 is 2.67 bits per heavy atom. The number of Topliss-reactive ketones (excluding diaryl/α,β-unsaturated/α-hetero) is 1. The maximum atomic E-state index is 11.8. The fraction of sp³-hybridized carbons (Fsp3) is 0.167. The Morgan fingerprint density at radius 2 is 2.17 bits per heavy atom. The Kier molecular flexibility index (Phi) is 2.80. The van der Waals surface area contributed by atoms with E-state index >= 15 is 0 Å². The van der Waals surface area contributed by atoms with Crippen LogP contribution in [0.3, 0.4) is 0 Å². The number of hydrogen-bond donors (Lipinski definition) is 0. The monoisotopic (exact) mass is 236 g/mol. The second kappa shape index (κ2) is 3.66. The number of hydrogen-bond acceptors (Lipinski definition) is 3. The molecule has 0 aromatic carbocycles. The Labute approximate surface area is 75.0 Å². The highest BCUT2D eigenvalue weighted by Crippen LogP contribution is 2.09. The SMILES string of the molecule is O=C(c1cc(Br)ncn1)C(F)F. The van der Waals surface area contributed by atoms with Gasteiger partial charge in [-0.15, -0.1) is 0 Å². The van der Waals surface area contributed by atoms with Crippen LogP contribution in [0.25, 0.3) is 0 Å². The maximum Gasteiger partial charge on any atom is 0.302 e. The summed E-state index contributed by atoms with van der Waals surface area (Å²) in [5.74, 6) is -1.29. The van der Waals surface area contributed by atoms with Crippen molar-refractivity contribution in [2.45, 2.75) is 6.43 Å². The molecule has 0 bridgehead atoms. The number of carbonyl (C=O) groups excluding carboxylic acids is 1. The summed E-state index contributed by atoms with van der Waals surface area (Å²) in [5, 5.41) is 0. The van der Waals surface area contributed by atoms with Gasteiger partial charge >= 0.3 is 6.43 Å². The summed E-state index contributed by atoms with van der Waals surface area (Å²) in [6.07, 6.45) is -1.98. The summed E-state index contributed by atoms with van der Waals surface area (Å²) in [5.41, 5.74) is -0.285. The molecule has 12 heavy (non-hydrogen) atoms. The smallest absolute Gasteiger partial charge is 0.286 e. The van der Waals surface area contributed by atoms with Gasteiger partial charge in [0.1, 0.15) is 16.6 Å². The van der Waals surface area contributed by atoms with Crippen molar-refractivity contribution in [3.05, 3.63) is 22.7 Å². The van der Waals surface area contributed by atoms with E-state index in [9.17, 15) is 13.6 Å². The summed E-state index contributed by atoms with van der Waals surface area (Å²) in [7, 11) is 0. The van der Waals surface area contributed by atoms with E-state index in [0.717, 1.165) is 12.4 Å². The van der Waals surface area contributed by atoms with Gasteiger partial charge in [0.15, 0.2) is 0 Å². The van der Waals surface area contributed by atoms with Crippen LogP contribution >= 0.6 is 15.9 Å². The van der Waals surface area contributed by atoms with Gasteiger partial charge in [-0.2, -0.15) is 0 Å². The number of aromatic nitrogens is 2. The summed E-state index contributed by atoms with van der Waals surface area (Å²) >= 11 is 2.93. The lowest BCUT2D eigenvalue weighted by atomic mass is 10.3. The number of alkyl halides is 2. The first-order valence-corrected chi connectivity index (χ1v) is 3.70. The van der Waals surface area contributed by atoms with Crippen LogP contribution in [0.4, 0.5) is 8.78 Å². The van der Waals surface area contributed by atoms with Crippen molar-refractivity contribution in [2.24, 2.45) is 0 Å². The molecule has 0 radical (unpaired) electrons. The minimum Gasteiger partial charge on any atom is -0.286 e. The molecule has 0 spiro atoms. The third-order valence-corrected chi connectivity index (χ3v) is 1.52. The van der Waals surface area contributed by atoms with Crippen LogP contribution in [-0.2, 0) is 0 Å². The Hall–Kier alpha value is -0.910. The zero-order chi connectivity index (χ0) is 9.14. The average molecular weight is 237 g/mol. The predicted molar refractivity (Wildman–Crippen MR) is 40.1 cm³/mol. The van der Waals surface area contributed by atoms with E-state index in [2.05, 4.69) is 25.9 Å². The molecule has 3 nitrogen and oxygen atoms in total. The zero-order valence-electron chi connectivity index (χ0n) is 5.67. The van der Waals surface area contributed by atoms with Gasteiger partial charge in [-0.3, -0.25) is 4.79 Å². The molecule has 0 aliphatic rings. The molecule has 1 aromatic rings. The highest BCUT2D eigenvalue weighted by atomic mass is 79.9. The second-order valence-corrected chi connectivity index (χ2v) is 2.70. The van der Waals surface area contributed by atoms with Crippen LogP contribution in [0.1, 0.15) is 10.5 Å². The van der Waals surface area contributed by atoms with Crippen molar-refractivity contribution >= 4 is 21.7 Å². The summed E-state index contributed by atoms with van der Waals surface area (Å²) in [6, 6.07) is 1.15. The van der Waals surface area contributed by atoms with E-state index in [4.69, 9.17) is 0 Å². The van der Waals surface area contributed by atoms with Gasteiger partial charge in [0.2, 0.25) is 5.78 Å². The third-order valence-electron chi connectivity index (χ3n) is 1.08. The molecule has 0 fully saturated rings. The summed E-state index contributed by atoms with van der Waals surface area (Å²) in [6.45, 7) is 0. The van der Waals surface area contributed by atoms with Crippen molar-refractivity contribution < 1.29 is 13.6 Å². The molecule has 0 unspecified atom stereocenters. The quantitative estimate of drug-likeness (QED) is 0.580. The number of carbonyl (C=O) groups is 1. The standard InChI is InChI=1S/C6H3BrF2N2O/c7-4-1-3(10-2-11-4)5(12)6(8)9/h1-2,6H. The Bertz CT molecular complexity index is 305. The van der Waals surface area contributed by atoms with E-state index in [1.807, 2.05) is 0 Å². The van der Waals surface area contributed by atoms with Gasteiger partial charge in [0, 0.05) is 6.07 Å². The van der Waals surface area contributed by atoms with Gasteiger partial charge in [0.25, 0.3) is 0 Å². The molecule has 0 aliphatic carbocycles. The van der Waals surface area contributed by atoms with Crippen LogP contribution in [-0.4, -0.2) is 22.2 Å². The van der Waals surface area contributed by atoms with E-state index in [-0.39, 0.29) is 5.69 Å². The Morgan fingerprint density at radius 1 is 1.50 bits per heavy atom. The third kappa shape index (κ3) is 2.04. The topological polar surface area (TPSA) is 42.9 Å². The summed E-state index contributed by atoms with van der Waals surface area (Å²) < 4.78 is 23.9. The molecular formula is C6H3BrF2N2O. The Balaban J connectivity index is 2.96. The summed E-state index contributed by atoms with van der Waals surface area (Å²) in [4.78, 5) is 17.6. The number of nitrogens with zero attached hydrogens (tertiary/aromatic N) is 2. The molecule has 0 amide bonds. The van der Waals surface area contributed by atoms with Gasteiger partial charge in [-0.1, -0.05) is 0 Å². The van der Waals surface area contributed by atoms with Crippen molar-refractivity contribution in [1.82, 2.24) is 9.97 Å². The lowest BCUT2D eigenvalue weighted by molar-refractivity contribution is 0.0673. The van der Waals surface area contributed by atoms with Crippen molar-refractivity contribution in [3.8, 4) is 0 Å². The first-order valence-electron chi connectivity index (χ1n) is 2.91. The van der Waals surface area contributed by atoms with E-state index in [1.54, 1.807) is 0 Å². The molecule has 64 valence electrons. The minimum atomic E-state index is -3.02. The molecule has 1 heterocycles. The van der Waals surface area contributed by atoms with E-state index in [1.165, 1.54) is 0 Å². The average Bonchev–Trinajstić information content (AvgIpc) is 2.03. The van der Waals surface area contributed by atoms with Crippen LogP contribution in [0, 0.1) is 0 Å². The second-order valence-electron chi connectivity index (χ2n) is 1.89.